The molecule has 0 spiro atoms. The molecule has 1 aromatic rings. The lowest BCUT2D eigenvalue weighted by atomic mass is 10.1. The summed E-state index contributed by atoms with van der Waals surface area (Å²) in [5.41, 5.74) is 0.782. The van der Waals surface area contributed by atoms with Gasteiger partial charge in [-0.25, -0.2) is 13.1 Å². The second-order valence-electron chi connectivity index (χ2n) is 5.82. The molecule has 24 heavy (non-hydrogen) atoms. The first-order valence-corrected chi connectivity index (χ1v) is 9.07. The molecule has 8 heteroatoms. The molecular weight excluding hydrogens is 350 g/mol. The van der Waals surface area contributed by atoms with Gasteiger partial charge in [0, 0.05) is 31.2 Å². The van der Waals surface area contributed by atoms with E-state index < -0.39 is 10.0 Å². The van der Waals surface area contributed by atoms with Crippen LogP contribution in [0.4, 0.5) is 0 Å². The SMILES string of the molecule is CNS(=O)(=O)c1ccc(C=CC(=O)N2CC(C)NC(C)C2)cc1.Cl. The van der Waals surface area contributed by atoms with Gasteiger partial charge in [0.15, 0.2) is 0 Å². The maximum absolute atomic E-state index is 12.2. The Kier molecular flexibility index (Phi) is 7.41. The number of amides is 1. The summed E-state index contributed by atoms with van der Waals surface area (Å²) in [7, 11) is -2.06. The zero-order valence-electron chi connectivity index (χ0n) is 14.0. The summed E-state index contributed by atoms with van der Waals surface area (Å²) in [5.74, 6) is -0.0304. The Morgan fingerprint density at radius 3 is 2.25 bits per heavy atom. The third kappa shape index (κ3) is 5.31. The van der Waals surface area contributed by atoms with Crippen molar-refractivity contribution in [3.8, 4) is 0 Å². The van der Waals surface area contributed by atoms with Crippen molar-refractivity contribution in [2.45, 2.75) is 30.8 Å². The summed E-state index contributed by atoms with van der Waals surface area (Å²) in [6, 6.07) is 6.95. The van der Waals surface area contributed by atoms with Crippen LogP contribution in [0.25, 0.3) is 6.08 Å². The van der Waals surface area contributed by atoms with Gasteiger partial charge in [0.05, 0.1) is 4.90 Å². The van der Waals surface area contributed by atoms with Gasteiger partial charge >= 0.3 is 0 Å². The number of nitrogens with one attached hydrogen (secondary N) is 2. The third-order valence-electron chi connectivity index (χ3n) is 3.75. The van der Waals surface area contributed by atoms with Crippen molar-refractivity contribution in [1.29, 1.82) is 0 Å². The Morgan fingerprint density at radius 2 is 1.75 bits per heavy atom. The van der Waals surface area contributed by atoms with Gasteiger partial charge in [-0.3, -0.25) is 4.79 Å². The van der Waals surface area contributed by atoms with Crippen molar-refractivity contribution in [2.75, 3.05) is 20.1 Å². The normalized spacial score (nSPS) is 21.5. The van der Waals surface area contributed by atoms with Crippen LogP contribution in [0.5, 0.6) is 0 Å². The molecule has 0 bridgehead atoms. The number of benzene rings is 1. The molecule has 1 aromatic carbocycles. The van der Waals surface area contributed by atoms with Crippen LogP contribution in [-0.2, 0) is 14.8 Å². The average Bonchev–Trinajstić information content (AvgIpc) is 2.52. The van der Waals surface area contributed by atoms with Gasteiger partial charge in [-0.1, -0.05) is 12.1 Å². The van der Waals surface area contributed by atoms with Crippen LogP contribution in [0.2, 0.25) is 0 Å². The molecular formula is C16H24ClN3O3S. The lowest BCUT2D eigenvalue weighted by Crippen LogP contribution is -2.55. The van der Waals surface area contributed by atoms with Crippen molar-refractivity contribution in [3.05, 3.63) is 35.9 Å². The quantitative estimate of drug-likeness (QED) is 0.778. The Morgan fingerprint density at radius 1 is 1.21 bits per heavy atom. The summed E-state index contributed by atoms with van der Waals surface area (Å²) in [5, 5.41) is 3.38. The number of nitrogens with zero attached hydrogens (tertiary/aromatic N) is 1. The number of piperazine rings is 1. The van der Waals surface area contributed by atoms with Crippen molar-refractivity contribution >= 4 is 34.4 Å². The predicted molar refractivity (Wildman–Crippen MR) is 97.6 cm³/mol. The van der Waals surface area contributed by atoms with E-state index in [0.717, 1.165) is 5.56 Å². The van der Waals surface area contributed by atoms with Gasteiger partial charge in [0.25, 0.3) is 0 Å². The van der Waals surface area contributed by atoms with E-state index in [0.29, 0.717) is 13.1 Å². The molecule has 2 unspecified atom stereocenters. The summed E-state index contributed by atoms with van der Waals surface area (Å²) >= 11 is 0. The smallest absolute Gasteiger partial charge is 0.246 e. The first kappa shape index (κ1) is 20.6. The largest absolute Gasteiger partial charge is 0.336 e. The molecule has 1 fully saturated rings. The molecule has 1 aliphatic rings. The lowest BCUT2D eigenvalue weighted by molar-refractivity contribution is -0.127. The zero-order chi connectivity index (χ0) is 17.0. The summed E-state index contributed by atoms with van der Waals surface area (Å²) < 4.78 is 25.6. The number of rotatable bonds is 4. The molecule has 2 atom stereocenters. The zero-order valence-corrected chi connectivity index (χ0v) is 15.7. The highest BCUT2D eigenvalue weighted by Crippen LogP contribution is 2.12. The molecule has 0 saturated carbocycles. The fraction of sp³-hybridized carbons (Fsp3) is 0.438. The van der Waals surface area contributed by atoms with Gasteiger partial charge in [-0.15, -0.1) is 12.4 Å². The van der Waals surface area contributed by atoms with Crippen LogP contribution >= 0.6 is 12.4 Å². The second-order valence-corrected chi connectivity index (χ2v) is 7.71. The number of carbonyl (C=O) groups excluding carboxylic acids is 1. The molecule has 0 aromatic heterocycles. The van der Waals surface area contributed by atoms with Crippen LogP contribution < -0.4 is 10.0 Å². The monoisotopic (exact) mass is 373 g/mol. The number of sulfonamides is 1. The Balaban J connectivity index is 0.00000288. The maximum atomic E-state index is 12.2. The molecule has 1 heterocycles. The topological polar surface area (TPSA) is 78.5 Å². The van der Waals surface area contributed by atoms with Crippen LogP contribution in [-0.4, -0.2) is 51.4 Å². The predicted octanol–water partition coefficient (Wildman–Crippen LogP) is 1.24. The molecule has 6 nitrogen and oxygen atoms in total. The molecule has 0 radical (unpaired) electrons. The summed E-state index contributed by atoms with van der Waals surface area (Å²) in [6.45, 7) is 5.49. The lowest BCUT2D eigenvalue weighted by Gasteiger charge is -2.35. The average molecular weight is 374 g/mol. The summed E-state index contributed by atoms with van der Waals surface area (Å²) in [6.07, 6.45) is 3.24. The highest BCUT2D eigenvalue weighted by molar-refractivity contribution is 7.89. The number of hydrogen-bond donors (Lipinski definition) is 2. The van der Waals surface area contributed by atoms with E-state index in [9.17, 15) is 13.2 Å². The molecule has 134 valence electrons. The van der Waals surface area contributed by atoms with Gasteiger partial charge < -0.3 is 10.2 Å². The van der Waals surface area contributed by atoms with E-state index in [1.54, 1.807) is 18.2 Å². The molecule has 1 saturated heterocycles. The van der Waals surface area contributed by atoms with E-state index in [2.05, 4.69) is 23.9 Å². The molecule has 2 N–H and O–H groups in total. The molecule has 0 aliphatic carbocycles. The number of carbonyl (C=O) groups is 1. The first-order chi connectivity index (χ1) is 10.8. The van der Waals surface area contributed by atoms with Crippen LogP contribution in [0, 0.1) is 0 Å². The van der Waals surface area contributed by atoms with E-state index in [1.807, 2.05) is 4.90 Å². The van der Waals surface area contributed by atoms with Crippen LogP contribution in [0.3, 0.4) is 0 Å². The second kappa shape index (κ2) is 8.62. The standard InChI is InChI=1S/C16H23N3O3S.ClH/c1-12-10-19(11-13(2)18-12)16(20)9-6-14-4-7-15(8-5-14)23(21,22)17-3;/h4-9,12-13,17-18H,10-11H2,1-3H3;1H. The minimum absolute atomic E-state index is 0. The van der Waals surface area contributed by atoms with Crippen LogP contribution in [0.15, 0.2) is 35.2 Å². The number of hydrogen-bond acceptors (Lipinski definition) is 4. The van der Waals surface area contributed by atoms with E-state index in [4.69, 9.17) is 0 Å². The van der Waals surface area contributed by atoms with Gasteiger partial charge in [-0.2, -0.15) is 0 Å². The maximum Gasteiger partial charge on any atom is 0.246 e. The Labute approximate surface area is 149 Å². The van der Waals surface area contributed by atoms with Crippen molar-refractivity contribution < 1.29 is 13.2 Å². The van der Waals surface area contributed by atoms with Crippen molar-refractivity contribution in [3.63, 3.8) is 0 Å². The molecule has 1 aliphatic heterocycles. The van der Waals surface area contributed by atoms with Crippen LogP contribution in [0.1, 0.15) is 19.4 Å². The van der Waals surface area contributed by atoms with Crippen molar-refractivity contribution in [1.82, 2.24) is 14.9 Å². The highest BCUT2D eigenvalue weighted by atomic mass is 35.5. The first-order valence-electron chi connectivity index (χ1n) is 7.58. The fourth-order valence-corrected chi connectivity index (χ4v) is 3.39. The fourth-order valence-electron chi connectivity index (χ4n) is 2.66. The Hall–Kier alpha value is -1.41. The third-order valence-corrected chi connectivity index (χ3v) is 5.18. The van der Waals surface area contributed by atoms with Gasteiger partial charge in [0.2, 0.25) is 15.9 Å². The minimum Gasteiger partial charge on any atom is -0.336 e. The van der Waals surface area contributed by atoms with E-state index in [-0.39, 0.29) is 35.3 Å². The highest BCUT2D eigenvalue weighted by Gasteiger charge is 2.23. The molecule has 1 amide bonds. The summed E-state index contributed by atoms with van der Waals surface area (Å²) in [4.78, 5) is 14.3. The van der Waals surface area contributed by atoms with E-state index >= 15 is 0 Å². The van der Waals surface area contributed by atoms with Crippen molar-refractivity contribution in [2.24, 2.45) is 0 Å². The molecule has 2 rings (SSSR count). The van der Waals surface area contributed by atoms with Gasteiger partial charge in [0.1, 0.15) is 0 Å². The minimum atomic E-state index is -3.43. The van der Waals surface area contributed by atoms with Gasteiger partial charge in [-0.05, 0) is 44.7 Å². The van der Waals surface area contributed by atoms with E-state index in [1.165, 1.54) is 25.3 Å². The Bertz CT molecular complexity index is 679. The number of halogens is 1.